The number of hydrogen-bond donors (Lipinski definition) is 3. The van der Waals surface area contributed by atoms with Crippen LogP contribution < -0.4 is 5.46 Å². The van der Waals surface area contributed by atoms with Crippen LogP contribution in [0.15, 0.2) is 18.2 Å². The topological polar surface area (TPSA) is 63.9 Å². The molecule has 6 heteroatoms. The fourth-order valence-corrected chi connectivity index (χ4v) is 2.17. The van der Waals surface area contributed by atoms with E-state index in [4.69, 9.17) is 10.0 Å². The highest BCUT2D eigenvalue weighted by Gasteiger charge is 2.19. The van der Waals surface area contributed by atoms with Gasteiger partial charge in [0, 0.05) is 25.2 Å². The molecular weight excluding hydrogens is 236 g/mol. The van der Waals surface area contributed by atoms with Crippen molar-refractivity contribution in [2.45, 2.75) is 25.5 Å². The number of nitrogens with zero attached hydrogens (tertiary/aromatic N) is 1. The molecule has 2 rings (SSSR count). The van der Waals surface area contributed by atoms with Gasteiger partial charge in [-0.15, -0.1) is 0 Å². The van der Waals surface area contributed by atoms with Crippen molar-refractivity contribution in [3.8, 4) is 0 Å². The fourth-order valence-electron chi connectivity index (χ4n) is 2.17. The molecule has 1 aromatic rings. The molecule has 0 radical (unpaired) electrons. The largest absolute Gasteiger partial charge is 0.488 e. The Bertz CT molecular complexity index is 408. The second kappa shape index (κ2) is 5.80. The average molecular weight is 253 g/mol. The van der Waals surface area contributed by atoms with Crippen molar-refractivity contribution in [1.82, 2.24) is 4.90 Å². The summed E-state index contributed by atoms with van der Waals surface area (Å²) in [7, 11) is -1.64. The van der Waals surface area contributed by atoms with Crippen LogP contribution in [-0.2, 0) is 6.54 Å². The van der Waals surface area contributed by atoms with Crippen LogP contribution in [0.4, 0.5) is 4.39 Å². The Kier molecular flexibility index (Phi) is 4.34. The van der Waals surface area contributed by atoms with E-state index >= 15 is 0 Å². The highest BCUT2D eigenvalue weighted by Crippen LogP contribution is 2.15. The summed E-state index contributed by atoms with van der Waals surface area (Å²) in [5.41, 5.74) is 0.695. The lowest BCUT2D eigenvalue weighted by Gasteiger charge is -2.29. The maximum Gasteiger partial charge on any atom is 0.488 e. The monoisotopic (exact) mass is 253 g/mol. The zero-order chi connectivity index (χ0) is 13.1. The zero-order valence-electron chi connectivity index (χ0n) is 10.1. The fraction of sp³-hybridized carbons (Fsp3) is 0.500. The Morgan fingerprint density at radius 3 is 2.50 bits per heavy atom. The van der Waals surface area contributed by atoms with E-state index < -0.39 is 12.9 Å². The molecule has 1 saturated heterocycles. The maximum atomic E-state index is 13.7. The molecule has 0 amide bonds. The van der Waals surface area contributed by atoms with Crippen LogP contribution in [0, 0.1) is 5.82 Å². The number of aliphatic hydroxyl groups is 1. The van der Waals surface area contributed by atoms with E-state index in [-0.39, 0.29) is 11.6 Å². The third kappa shape index (κ3) is 3.29. The van der Waals surface area contributed by atoms with Gasteiger partial charge in [-0.2, -0.15) is 0 Å². The number of aliphatic hydroxyl groups excluding tert-OH is 1. The minimum absolute atomic E-state index is 0.158. The number of hydrogen-bond acceptors (Lipinski definition) is 4. The Balaban J connectivity index is 2.01. The standard InChI is InChI=1S/C12H17BFNO3/c14-12-7-10(13(17)18)2-1-9(12)8-15-5-3-11(16)4-6-15/h1-2,7,11,16-18H,3-6,8H2. The Labute approximate surface area is 106 Å². The van der Waals surface area contributed by atoms with Crippen molar-refractivity contribution in [3.63, 3.8) is 0 Å². The number of piperidine rings is 1. The lowest BCUT2D eigenvalue weighted by atomic mass is 9.80. The van der Waals surface area contributed by atoms with Crippen LogP contribution in [0.25, 0.3) is 0 Å². The second-order valence-corrected chi connectivity index (χ2v) is 4.73. The normalized spacial score (nSPS) is 18.0. The highest BCUT2D eigenvalue weighted by molar-refractivity contribution is 6.58. The Hall–Kier alpha value is -0.945. The van der Waals surface area contributed by atoms with Gasteiger partial charge in [0.2, 0.25) is 0 Å². The van der Waals surface area contributed by atoms with Gasteiger partial charge in [-0.1, -0.05) is 12.1 Å². The Morgan fingerprint density at radius 2 is 1.94 bits per heavy atom. The van der Waals surface area contributed by atoms with Crippen LogP contribution in [-0.4, -0.2) is 46.4 Å². The molecule has 0 unspecified atom stereocenters. The van der Waals surface area contributed by atoms with Crippen molar-refractivity contribution in [3.05, 3.63) is 29.6 Å². The quantitative estimate of drug-likeness (QED) is 0.633. The van der Waals surface area contributed by atoms with Crippen LogP contribution >= 0.6 is 0 Å². The summed E-state index contributed by atoms with van der Waals surface area (Å²) in [5.74, 6) is -0.424. The summed E-state index contributed by atoms with van der Waals surface area (Å²) in [5, 5.41) is 27.3. The zero-order valence-corrected chi connectivity index (χ0v) is 10.1. The van der Waals surface area contributed by atoms with Crippen molar-refractivity contribution in [2.75, 3.05) is 13.1 Å². The third-order valence-corrected chi connectivity index (χ3v) is 3.33. The van der Waals surface area contributed by atoms with Gasteiger partial charge in [0.05, 0.1) is 6.10 Å². The molecule has 1 aliphatic rings. The first-order chi connectivity index (χ1) is 8.56. The SMILES string of the molecule is OB(O)c1ccc(CN2CCC(O)CC2)c(F)c1. The van der Waals surface area contributed by atoms with Crippen LogP contribution in [0.1, 0.15) is 18.4 Å². The van der Waals surface area contributed by atoms with E-state index in [1.165, 1.54) is 6.07 Å². The first-order valence-electron chi connectivity index (χ1n) is 6.11. The summed E-state index contributed by atoms with van der Waals surface area (Å²) in [6.45, 7) is 2.00. The molecule has 1 fully saturated rings. The van der Waals surface area contributed by atoms with Gasteiger partial charge >= 0.3 is 7.12 Å². The summed E-state index contributed by atoms with van der Waals surface area (Å²) in [6, 6.07) is 4.25. The molecule has 1 aliphatic heterocycles. The lowest BCUT2D eigenvalue weighted by Crippen LogP contribution is -2.36. The van der Waals surface area contributed by atoms with Crippen molar-refractivity contribution in [1.29, 1.82) is 0 Å². The van der Waals surface area contributed by atoms with E-state index in [0.29, 0.717) is 12.1 Å². The van der Waals surface area contributed by atoms with E-state index in [1.54, 1.807) is 6.07 Å². The highest BCUT2D eigenvalue weighted by atomic mass is 19.1. The number of halogens is 1. The van der Waals surface area contributed by atoms with Gasteiger partial charge in [0.1, 0.15) is 5.82 Å². The molecule has 98 valence electrons. The van der Waals surface area contributed by atoms with E-state index in [0.717, 1.165) is 32.0 Å². The van der Waals surface area contributed by atoms with Gasteiger partial charge in [0.25, 0.3) is 0 Å². The van der Waals surface area contributed by atoms with E-state index in [1.807, 2.05) is 0 Å². The van der Waals surface area contributed by atoms with Gasteiger partial charge in [0.15, 0.2) is 0 Å². The number of benzene rings is 1. The molecule has 0 bridgehead atoms. The molecule has 0 atom stereocenters. The van der Waals surface area contributed by atoms with Crippen molar-refractivity contribution >= 4 is 12.6 Å². The smallest absolute Gasteiger partial charge is 0.423 e. The molecule has 1 aromatic carbocycles. The lowest BCUT2D eigenvalue weighted by molar-refractivity contribution is 0.0787. The first kappa shape index (κ1) is 13.5. The first-order valence-corrected chi connectivity index (χ1v) is 6.11. The minimum Gasteiger partial charge on any atom is -0.423 e. The number of likely N-dealkylation sites (tertiary alicyclic amines) is 1. The molecule has 0 aromatic heterocycles. The summed E-state index contributed by atoms with van der Waals surface area (Å²) >= 11 is 0. The molecule has 1 heterocycles. The van der Waals surface area contributed by atoms with Gasteiger partial charge in [-0.3, -0.25) is 4.90 Å². The van der Waals surface area contributed by atoms with Gasteiger partial charge in [-0.25, -0.2) is 4.39 Å². The summed E-state index contributed by atoms with van der Waals surface area (Å²) in [4.78, 5) is 2.08. The van der Waals surface area contributed by atoms with Gasteiger partial charge < -0.3 is 15.2 Å². The molecule has 3 N–H and O–H groups in total. The average Bonchev–Trinajstić information content (AvgIpc) is 2.34. The molecular formula is C12H17BFNO3. The predicted octanol–water partition coefficient (Wildman–Crippen LogP) is -0.538. The number of rotatable bonds is 3. The van der Waals surface area contributed by atoms with Crippen LogP contribution in [0.2, 0.25) is 0 Å². The van der Waals surface area contributed by atoms with E-state index in [9.17, 15) is 9.50 Å². The van der Waals surface area contributed by atoms with Crippen LogP contribution in [0.3, 0.4) is 0 Å². The third-order valence-electron chi connectivity index (χ3n) is 3.33. The molecule has 0 saturated carbocycles. The summed E-state index contributed by atoms with van der Waals surface area (Å²) in [6.07, 6.45) is 1.20. The van der Waals surface area contributed by atoms with Crippen LogP contribution in [0.5, 0.6) is 0 Å². The minimum atomic E-state index is -1.64. The van der Waals surface area contributed by atoms with Crippen molar-refractivity contribution < 1.29 is 19.5 Å². The van der Waals surface area contributed by atoms with Gasteiger partial charge in [-0.05, 0) is 24.4 Å². The molecule has 0 spiro atoms. The molecule has 18 heavy (non-hydrogen) atoms. The maximum absolute atomic E-state index is 13.7. The molecule has 4 nitrogen and oxygen atoms in total. The second-order valence-electron chi connectivity index (χ2n) is 4.73. The predicted molar refractivity (Wildman–Crippen MR) is 66.7 cm³/mol. The van der Waals surface area contributed by atoms with E-state index in [2.05, 4.69) is 4.90 Å². The summed E-state index contributed by atoms with van der Waals surface area (Å²) < 4.78 is 13.7. The Morgan fingerprint density at radius 1 is 1.28 bits per heavy atom. The molecule has 0 aliphatic carbocycles. The van der Waals surface area contributed by atoms with Crippen molar-refractivity contribution in [2.24, 2.45) is 0 Å².